The Morgan fingerprint density at radius 1 is 1.16 bits per heavy atom. The van der Waals surface area contributed by atoms with Crippen LogP contribution in [0.2, 0.25) is 0 Å². The minimum absolute atomic E-state index is 0.135. The van der Waals surface area contributed by atoms with Gasteiger partial charge in [0.1, 0.15) is 12.4 Å². The Labute approximate surface area is 181 Å². The molecule has 1 aromatic carbocycles. The fraction of sp³-hybridized carbons (Fsp3) is 0.500. The van der Waals surface area contributed by atoms with Crippen molar-refractivity contribution in [2.45, 2.75) is 36.7 Å². The molecule has 11 heteroatoms. The van der Waals surface area contributed by atoms with E-state index >= 15 is 0 Å². The predicted molar refractivity (Wildman–Crippen MR) is 112 cm³/mol. The summed E-state index contributed by atoms with van der Waals surface area (Å²) in [6.45, 7) is 5.38. The maximum Gasteiger partial charge on any atom is 0.337 e. The van der Waals surface area contributed by atoms with Gasteiger partial charge in [0.25, 0.3) is 0 Å². The summed E-state index contributed by atoms with van der Waals surface area (Å²) in [5.74, 6) is 2.52. The molecule has 0 aliphatic carbocycles. The Hall–Kier alpha value is -2.65. The van der Waals surface area contributed by atoms with Crippen molar-refractivity contribution >= 4 is 22.0 Å². The standard InChI is InChI=1S/C20H27N3O7S/c1-4-5-14-30-15-6-8-16(9-7-15)31(28,29)22-19(2,3)20(17(24)25,18(26)27)23-12-10-21-11-13-23/h6-9,21-22H,10-14H2,1-3H3,(H,24,25)(H,26,27). The number of hydrogen-bond donors (Lipinski definition) is 4. The van der Waals surface area contributed by atoms with Gasteiger partial charge in [-0.15, -0.1) is 5.92 Å². The largest absolute Gasteiger partial charge is 0.481 e. The number of hydrogen-bond acceptors (Lipinski definition) is 7. The topological polar surface area (TPSA) is 145 Å². The van der Waals surface area contributed by atoms with E-state index in [-0.39, 0.29) is 24.6 Å². The highest BCUT2D eigenvalue weighted by Gasteiger charge is 2.63. The van der Waals surface area contributed by atoms with Crippen LogP contribution in [0.1, 0.15) is 20.8 Å². The number of aliphatic carboxylic acids is 2. The van der Waals surface area contributed by atoms with Gasteiger partial charge >= 0.3 is 11.9 Å². The van der Waals surface area contributed by atoms with Gasteiger partial charge in [-0.25, -0.2) is 22.7 Å². The summed E-state index contributed by atoms with van der Waals surface area (Å²) in [4.78, 5) is 25.7. The zero-order valence-electron chi connectivity index (χ0n) is 17.6. The van der Waals surface area contributed by atoms with Crippen LogP contribution in [-0.2, 0) is 19.6 Å². The lowest BCUT2D eigenvalue weighted by atomic mass is 9.78. The number of benzene rings is 1. The number of piperazine rings is 1. The SMILES string of the molecule is CC#CCOc1ccc(S(=O)(=O)NC(C)(C)C(C(=O)O)(C(=O)O)N2CCNCC2)cc1. The molecule has 0 bridgehead atoms. The number of carbonyl (C=O) groups is 2. The van der Waals surface area contributed by atoms with Gasteiger partial charge in [-0.1, -0.05) is 5.92 Å². The third-order valence-corrected chi connectivity index (χ3v) is 6.80. The van der Waals surface area contributed by atoms with Gasteiger partial charge in [0, 0.05) is 26.2 Å². The van der Waals surface area contributed by atoms with Crippen LogP contribution in [0.25, 0.3) is 0 Å². The van der Waals surface area contributed by atoms with Crippen LogP contribution in [0.5, 0.6) is 5.75 Å². The number of carboxylic acid groups (broad SMARTS) is 2. The molecule has 2 rings (SSSR count). The molecule has 0 unspecified atom stereocenters. The zero-order valence-corrected chi connectivity index (χ0v) is 18.5. The molecule has 31 heavy (non-hydrogen) atoms. The first-order valence-corrected chi connectivity index (χ1v) is 11.1. The lowest BCUT2D eigenvalue weighted by Gasteiger charge is -2.48. The molecule has 1 fully saturated rings. The van der Waals surface area contributed by atoms with Gasteiger partial charge < -0.3 is 20.3 Å². The second kappa shape index (κ2) is 9.65. The summed E-state index contributed by atoms with van der Waals surface area (Å²) in [5, 5.41) is 23.0. The summed E-state index contributed by atoms with van der Waals surface area (Å²) in [7, 11) is -4.25. The third-order valence-electron chi connectivity index (χ3n) is 5.13. The van der Waals surface area contributed by atoms with Crippen LogP contribution in [0, 0.1) is 11.8 Å². The molecule has 0 amide bonds. The fourth-order valence-electron chi connectivity index (χ4n) is 3.67. The van der Waals surface area contributed by atoms with Gasteiger partial charge in [-0.05, 0) is 45.0 Å². The molecule has 4 N–H and O–H groups in total. The predicted octanol–water partition coefficient (Wildman–Crippen LogP) is -0.0412. The van der Waals surface area contributed by atoms with Gasteiger partial charge in [0.05, 0.1) is 10.4 Å². The van der Waals surface area contributed by atoms with Crippen molar-refractivity contribution in [2.75, 3.05) is 32.8 Å². The molecule has 0 radical (unpaired) electrons. The summed E-state index contributed by atoms with van der Waals surface area (Å²) < 4.78 is 33.7. The van der Waals surface area contributed by atoms with E-state index in [1.54, 1.807) is 6.92 Å². The molecule has 1 aliphatic heterocycles. The highest BCUT2D eigenvalue weighted by molar-refractivity contribution is 7.89. The van der Waals surface area contributed by atoms with Crippen LogP contribution in [0.3, 0.4) is 0 Å². The average Bonchev–Trinajstić information content (AvgIpc) is 2.68. The summed E-state index contributed by atoms with van der Waals surface area (Å²) in [6.07, 6.45) is 0. The number of rotatable bonds is 9. The maximum absolute atomic E-state index is 13.0. The molecular formula is C20H27N3O7S. The van der Waals surface area contributed by atoms with Crippen LogP contribution in [-0.4, -0.2) is 79.3 Å². The number of carboxylic acids is 2. The molecule has 0 saturated carbocycles. The van der Waals surface area contributed by atoms with Crippen molar-refractivity contribution in [1.82, 2.24) is 14.9 Å². The first kappa shape index (κ1) is 24.6. The summed E-state index contributed by atoms with van der Waals surface area (Å²) in [6, 6.07) is 5.47. The minimum atomic E-state index is -4.25. The molecule has 1 aromatic rings. The van der Waals surface area contributed by atoms with E-state index < -0.39 is 33.0 Å². The molecule has 1 heterocycles. The Balaban J connectivity index is 2.38. The smallest absolute Gasteiger partial charge is 0.337 e. The molecule has 1 aliphatic rings. The van der Waals surface area contributed by atoms with Gasteiger partial charge in [0.15, 0.2) is 0 Å². The summed E-state index contributed by atoms with van der Waals surface area (Å²) >= 11 is 0. The second-order valence-corrected chi connectivity index (χ2v) is 9.16. The second-order valence-electron chi connectivity index (χ2n) is 7.48. The lowest BCUT2D eigenvalue weighted by molar-refractivity contribution is -0.174. The molecular weight excluding hydrogens is 426 g/mol. The van der Waals surface area contributed by atoms with E-state index in [2.05, 4.69) is 21.9 Å². The first-order valence-electron chi connectivity index (χ1n) is 9.58. The highest BCUT2D eigenvalue weighted by Crippen LogP contribution is 2.32. The monoisotopic (exact) mass is 453 g/mol. The van der Waals surface area contributed by atoms with E-state index in [0.29, 0.717) is 18.8 Å². The van der Waals surface area contributed by atoms with Crippen molar-refractivity contribution in [3.63, 3.8) is 0 Å². The Morgan fingerprint density at radius 2 is 1.71 bits per heavy atom. The highest BCUT2D eigenvalue weighted by atomic mass is 32.2. The average molecular weight is 454 g/mol. The first-order chi connectivity index (χ1) is 14.5. The normalized spacial score (nSPS) is 15.6. The quantitative estimate of drug-likeness (QED) is 0.299. The number of nitrogens with one attached hydrogen (secondary N) is 2. The van der Waals surface area contributed by atoms with Crippen molar-refractivity contribution in [2.24, 2.45) is 0 Å². The molecule has 1 saturated heterocycles. The van der Waals surface area contributed by atoms with E-state index in [1.807, 2.05) is 0 Å². The van der Waals surface area contributed by atoms with Crippen LogP contribution < -0.4 is 14.8 Å². The molecule has 0 spiro atoms. The molecule has 0 aromatic heterocycles. The van der Waals surface area contributed by atoms with Crippen LogP contribution in [0.15, 0.2) is 29.2 Å². The van der Waals surface area contributed by atoms with E-state index in [0.717, 1.165) is 0 Å². The van der Waals surface area contributed by atoms with E-state index in [4.69, 9.17) is 4.74 Å². The fourth-order valence-corrected chi connectivity index (χ4v) is 5.10. The van der Waals surface area contributed by atoms with Gasteiger partial charge in [0.2, 0.25) is 15.6 Å². The molecule has 10 nitrogen and oxygen atoms in total. The van der Waals surface area contributed by atoms with Gasteiger partial charge in [-0.2, -0.15) is 0 Å². The maximum atomic E-state index is 13.0. The Morgan fingerprint density at radius 3 is 2.19 bits per heavy atom. The van der Waals surface area contributed by atoms with Crippen LogP contribution in [0.4, 0.5) is 0 Å². The number of nitrogens with zero attached hydrogens (tertiary/aromatic N) is 1. The summed E-state index contributed by atoms with van der Waals surface area (Å²) in [5.41, 5.74) is -4.41. The minimum Gasteiger partial charge on any atom is -0.481 e. The van der Waals surface area contributed by atoms with E-state index in [9.17, 15) is 28.2 Å². The molecule has 0 atom stereocenters. The Kier molecular flexibility index (Phi) is 7.67. The van der Waals surface area contributed by atoms with Crippen LogP contribution >= 0.6 is 0 Å². The number of ether oxygens (including phenoxy) is 1. The van der Waals surface area contributed by atoms with Gasteiger partial charge in [-0.3, -0.25) is 4.90 Å². The Bertz CT molecular complexity index is 958. The third kappa shape index (κ3) is 4.99. The lowest BCUT2D eigenvalue weighted by Crippen LogP contribution is -2.77. The van der Waals surface area contributed by atoms with E-state index in [1.165, 1.54) is 43.0 Å². The van der Waals surface area contributed by atoms with Crippen molar-refractivity contribution in [3.8, 4) is 17.6 Å². The number of sulfonamides is 1. The molecule has 170 valence electrons. The van der Waals surface area contributed by atoms with Crippen molar-refractivity contribution < 1.29 is 33.0 Å². The zero-order chi connectivity index (χ0) is 23.3. The van der Waals surface area contributed by atoms with Crippen molar-refractivity contribution in [3.05, 3.63) is 24.3 Å². The van der Waals surface area contributed by atoms with Crippen molar-refractivity contribution in [1.29, 1.82) is 0 Å².